The third kappa shape index (κ3) is 6.56. The molecule has 0 saturated carbocycles. The predicted molar refractivity (Wildman–Crippen MR) is 135 cm³/mol. The van der Waals surface area contributed by atoms with Crippen LogP contribution in [0.1, 0.15) is 44.6 Å². The number of sulfonamides is 1. The molecule has 0 radical (unpaired) electrons. The molecular weight excluding hydrogens is 511 g/mol. The summed E-state index contributed by atoms with van der Waals surface area (Å²) in [7, 11) is -3.09. The van der Waals surface area contributed by atoms with E-state index in [4.69, 9.17) is 4.99 Å². The second kappa shape index (κ2) is 11.7. The lowest BCUT2D eigenvalue weighted by Gasteiger charge is -2.40. The number of nitrogens with zero attached hydrogens (tertiary/aromatic N) is 3. The maximum Gasteiger partial charge on any atom is 0.211 e. The minimum atomic E-state index is -3.09. The molecule has 2 aliphatic rings. The minimum absolute atomic E-state index is 0. The summed E-state index contributed by atoms with van der Waals surface area (Å²) in [6.07, 6.45) is 4.48. The molecule has 30 heavy (non-hydrogen) atoms. The molecule has 170 valence electrons. The van der Waals surface area contributed by atoms with Gasteiger partial charge in [0.2, 0.25) is 10.0 Å². The van der Waals surface area contributed by atoms with Crippen LogP contribution >= 0.6 is 24.0 Å². The van der Waals surface area contributed by atoms with Crippen molar-refractivity contribution in [2.75, 3.05) is 45.5 Å². The molecule has 0 aliphatic carbocycles. The van der Waals surface area contributed by atoms with E-state index in [0.29, 0.717) is 37.4 Å². The van der Waals surface area contributed by atoms with Gasteiger partial charge in [0.1, 0.15) is 0 Å². The third-order valence-corrected chi connectivity index (χ3v) is 7.61. The predicted octanol–water partition coefficient (Wildman–Crippen LogP) is 3.37. The fraction of sp³-hybridized carbons (Fsp3) is 0.682. The van der Waals surface area contributed by atoms with Gasteiger partial charge in [-0.1, -0.05) is 43.7 Å². The highest BCUT2D eigenvalue weighted by molar-refractivity contribution is 14.0. The maximum absolute atomic E-state index is 11.8. The van der Waals surface area contributed by atoms with Crippen molar-refractivity contribution >= 4 is 40.0 Å². The highest BCUT2D eigenvalue weighted by atomic mass is 127. The molecule has 1 aromatic rings. The quantitative estimate of drug-likeness (QED) is 0.337. The number of aliphatic imine (C=N–C) groups is 1. The van der Waals surface area contributed by atoms with Crippen molar-refractivity contribution in [3.8, 4) is 0 Å². The largest absolute Gasteiger partial charge is 0.357 e. The normalized spacial score (nSPS) is 25.8. The zero-order valence-corrected chi connectivity index (χ0v) is 21.6. The number of nitrogens with one attached hydrogen (secondary N) is 1. The highest BCUT2D eigenvalue weighted by Gasteiger charge is 2.31. The van der Waals surface area contributed by atoms with E-state index in [9.17, 15) is 8.42 Å². The average Bonchev–Trinajstić information content (AvgIpc) is 3.21. The number of benzene rings is 1. The first kappa shape index (κ1) is 25.4. The summed E-state index contributed by atoms with van der Waals surface area (Å²) < 4.78 is 25.1. The molecule has 6 nitrogen and oxygen atoms in total. The second-order valence-electron chi connectivity index (χ2n) is 8.39. The van der Waals surface area contributed by atoms with Crippen LogP contribution in [0.5, 0.6) is 0 Å². The Morgan fingerprint density at radius 1 is 1.13 bits per heavy atom. The highest BCUT2D eigenvalue weighted by Crippen LogP contribution is 2.34. The zero-order chi connectivity index (χ0) is 20.9. The summed E-state index contributed by atoms with van der Waals surface area (Å²) in [5.74, 6) is 2.51. The first-order chi connectivity index (χ1) is 13.9. The van der Waals surface area contributed by atoms with Crippen LogP contribution in [0, 0.1) is 11.8 Å². The summed E-state index contributed by atoms with van der Waals surface area (Å²) in [4.78, 5) is 7.32. The third-order valence-electron chi connectivity index (χ3n) is 6.34. The molecule has 0 aromatic heterocycles. The Morgan fingerprint density at radius 2 is 1.87 bits per heavy atom. The van der Waals surface area contributed by atoms with Crippen molar-refractivity contribution in [3.05, 3.63) is 35.9 Å². The number of guanidine groups is 1. The van der Waals surface area contributed by atoms with Crippen molar-refractivity contribution in [3.63, 3.8) is 0 Å². The van der Waals surface area contributed by atoms with Crippen LogP contribution < -0.4 is 5.32 Å². The van der Waals surface area contributed by atoms with E-state index < -0.39 is 10.0 Å². The monoisotopic (exact) mass is 548 g/mol. The molecular formula is C22H37IN4O2S. The van der Waals surface area contributed by atoms with Gasteiger partial charge in [-0.25, -0.2) is 12.7 Å². The van der Waals surface area contributed by atoms with E-state index in [2.05, 4.69) is 54.4 Å². The Bertz CT molecular complexity index is 788. The standard InChI is InChI=1S/C22H36N4O2S.HI/c1-4-19-17-25(13-12-21(19)20-9-7-6-8-10-20)22(23-5-2)24-15-18-11-14-26(16-18)29(3,27)28;/h6-10,18-19,21H,4-5,11-17H2,1-3H3,(H,23,24);1H. The van der Waals surface area contributed by atoms with Crippen LogP contribution in [0.3, 0.4) is 0 Å². The molecule has 3 unspecified atom stereocenters. The Morgan fingerprint density at radius 3 is 2.47 bits per heavy atom. The van der Waals surface area contributed by atoms with E-state index in [1.807, 2.05) is 0 Å². The van der Waals surface area contributed by atoms with Crippen LogP contribution in [0.15, 0.2) is 35.3 Å². The van der Waals surface area contributed by atoms with Crippen LogP contribution in [0.25, 0.3) is 0 Å². The molecule has 2 saturated heterocycles. The fourth-order valence-corrected chi connectivity index (χ4v) is 5.58. The van der Waals surface area contributed by atoms with Gasteiger partial charge in [-0.3, -0.25) is 4.99 Å². The lowest BCUT2D eigenvalue weighted by atomic mass is 9.79. The van der Waals surface area contributed by atoms with Crippen LogP contribution in [-0.2, 0) is 10.0 Å². The van der Waals surface area contributed by atoms with Gasteiger partial charge < -0.3 is 10.2 Å². The summed E-state index contributed by atoms with van der Waals surface area (Å²) in [5, 5.41) is 3.46. The van der Waals surface area contributed by atoms with E-state index >= 15 is 0 Å². The van der Waals surface area contributed by atoms with Crippen molar-refractivity contribution in [1.82, 2.24) is 14.5 Å². The fourth-order valence-electron chi connectivity index (χ4n) is 4.67. The molecule has 0 spiro atoms. The maximum atomic E-state index is 11.8. The van der Waals surface area contributed by atoms with Crippen molar-refractivity contribution < 1.29 is 8.42 Å². The molecule has 0 amide bonds. The first-order valence-corrected chi connectivity index (χ1v) is 12.8. The second-order valence-corrected chi connectivity index (χ2v) is 10.4. The van der Waals surface area contributed by atoms with Gasteiger partial charge >= 0.3 is 0 Å². The molecule has 3 atom stereocenters. The van der Waals surface area contributed by atoms with Crippen molar-refractivity contribution in [1.29, 1.82) is 0 Å². The summed E-state index contributed by atoms with van der Waals surface area (Å²) in [5.41, 5.74) is 1.45. The number of likely N-dealkylation sites (tertiary alicyclic amines) is 1. The molecule has 8 heteroatoms. The Hall–Kier alpha value is -0.870. The van der Waals surface area contributed by atoms with Crippen LogP contribution in [0.2, 0.25) is 0 Å². The number of halogens is 1. The van der Waals surface area contributed by atoms with Crippen molar-refractivity contribution in [2.45, 2.75) is 39.0 Å². The van der Waals surface area contributed by atoms with Crippen LogP contribution in [0.4, 0.5) is 0 Å². The Balaban J connectivity index is 0.00000320. The molecule has 3 rings (SSSR count). The summed E-state index contributed by atoms with van der Waals surface area (Å²) in [6, 6.07) is 10.9. The van der Waals surface area contributed by atoms with Gasteiger partial charge in [0.25, 0.3) is 0 Å². The van der Waals surface area contributed by atoms with Gasteiger partial charge in [-0.05, 0) is 43.1 Å². The summed E-state index contributed by atoms with van der Waals surface area (Å²) in [6.45, 7) is 9.14. The van der Waals surface area contributed by atoms with Gasteiger partial charge in [-0.15, -0.1) is 24.0 Å². The van der Waals surface area contributed by atoms with Gasteiger partial charge in [0.05, 0.1) is 6.26 Å². The average molecular weight is 549 g/mol. The van der Waals surface area contributed by atoms with E-state index in [-0.39, 0.29) is 24.0 Å². The van der Waals surface area contributed by atoms with Gasteiger partial charge in [0.15, 0.2) is 5.96 Å². The topological polar surface area (TPSA) is 65.0 Å². The van der Waals surface area contributed by atoms with Crippen LogP contribution in [-0.4, -0.2) is 69.1 Å². The zero-order valence-electron chi connectivity index (χ0n) is 18.5. The number of piperidine rings is 1. The lowest BCUT2D eigenvalue weighted by molar-refractivity contribution is 0.215. The molecule has 0 bridgehead atoms. The molecule has 2 fully saturated rings. The minimum Gasteiger partial charge on any atom is -0.357 e. The van der Waals surface area contributed by atoms with Crippen molar-refractivity contribution in [2.24, 2.45) is 16.8 Å². The molecule has 2 heterocycles. The molecule has 1 aromatic carbocycles. The first-order valence-electron chi connectivity index (χ1n) is 11.0. The number of hydrogen-bond acceptors (Lipinski definition) is 3. The smallest absolute Gasteiger partial charge is 0.211 e. The lowest BCUT2D eigenvalue weighted by Crippen LogP contribution is -2.48. The summed E-state index contributed by atoms with van der Waals surface area (Å²) >= 11 is 0. The SMILES string of the molecule is CCNC(=NCC1CCN(S(C)(=O)=O)C1)N1CCC(c2ccccc2)C(CC)C1.I. The number of rotatable bonds is 6. The Kier molecular flexibility index (Phi) is 9.87. The Labute approximate surface area is 199 Å². The van der Waals surface area contributed by atoms with E-state index in [0.717, 1.165) is 44.9 Å². The van der Waals surface area contributed by atoms with E-state index in [1.165, 1.54) is 11.8 Å². The number of hydrogen-bond donors (Lipinski definition) is 1. The van der Waals surface area contributed by atoms with Gasteiger partial charge in [0, 0.05) is 39.3 Å². The van der Waals surface area contributed by atoms with E-state index in [1.54, 1.807) is 4.31 Å². The van der Waals surface area contributed by atoms with Gasteiger partial charge in [-0.2, -0.15) is 0 Å². The molecule has 1 N–H and O–H groups in total. The molecule has 2 aliphatic heterocycles.